The average molecular weight is 270 g/mol. The Morgan fingerprint density at radius 1 is 1.33 bits per heavy atom. The van der Waals surface area contributed by atoms with E-state index >= 15 is 0 Å². The van der Waals surface area contributed by atoms with Crippen molar-refractivity contribution in [3.8, 4) is 0 Å². The van der Waals surface area contributed by atoms with Crippen LogP contribution in [0.25, 0.3) is 0 Å². The zero-order chi connectivity index (χ0) is 13.9. The van der Waals surface area contributed by atoms with E-state index in [2.05, 4.69) is 5.32 Å². The topological polar surface area (TPSA) is 55.2 Å². The number of halogens is 5. The molecular weight excluding hydrogens is 263 g/mol. The van der Waals surface area contributed by atoms with Crippen LogP contribution in [0.15, 0.2) is 18.2 Å². The van der Waals surface area contributed by atoms with Gasteiger partial charge < -0.3 is 5.32 Å². The number of nitro groups is 1. The third kappa shape index (κ3) is 3.54. The Labute approximate surface area is 97.6 Å². The maximum atomic E-state index is 12.5. The Balaban J connectivity index is 3.10. The van der Waals surface area contributed by atoms with Crippen LogP contribution in [0.5, 0.6) is 0 Å². The maximum absolute atomic E-state index is 12.5. The van der Waals surface area contributed by atoms with Crippen molar-refractivity contribution in [3.63, 3.8) is 0 Å². The average Bonchev–Trinajstić information content (AvgIpc) is 2.24. The summed E-state index contributed by atoms with van der Waals surface area (Å²) in [6, 6.07) is 1.99. The third-order valence-corrected chi connectivity index (χ3v) is 1.96. The molecule has 100 valence electrons. The number of nitro benzene ring substituents is 1. The highest BCUT2D eigenvalue weighted by Crippen LogP contribution is 2.37. The standard InChI is InChI=1S/C9H7F5N2O2/c10-8(11)4-15-5-1-2-7(16(17)18)6(3-5)9(12,13)14/h1-3,8,15H,4H2. The molecule has 0 spiro atoms. The summed E-state index contributed by atoms with van der Waals surface area (Å²) in [5, 5.41) is 12.5. The number of anilines is 1. The summed E-state index contributed by atoms with van der Waals surface area (Å²) in [6.45, 7) is -0.838. The van der Waals surface area contributed by atoms with Gasteiger partial charge in [-0.3, -0.25) is 10.1 Å². The lowest BCUT2D eigenvalue weighted by Gasteiger charge is -2.10. The van der Waals surface area contributed by atoms with Crippen molar-refractivity contribution in [1.29, 1.82) is 0 Å². The molecule has 9 heteroatoms. The van der Waals surface area contributed by atoms with E-state index in [9.17, 15) is 32.1 Å². The number of hydrogen-bond acceptors (Lipinski definition) is 3. The lowest BCUT2D eigenvalue weighted by Crippen LogP contribution is -2.13. The van der Waals surface area contributed by atoms with E-state index in [1.165, 1.54) is 0 Å². The van der Waals surface area contributed by atoms with Gasteiger partial charge in [-0.1, -0.05) is 0 Å². The minimum absolute atomic E-state index is 0.256. The number of nitrogens with one attached hydrogen (secondary N) is 1. The number of hydrogen-bond donors (Lipinski definition) is 1. The lowest BCUT2D eigenvalue weighted by molar-refractivity contribution is -0.388. The quantitative estimate of drug-likeness (QED) is 0.519. The number of benzene rings is 1. The highest BCUT2D eigenvalue weighted by molar-refractivity contribution is 5.55. The first-order chi connectivity index (χ1) is 8.21. The van der Waals surface area contributed by atoms with Crippen molar-refractivity contribution in [2.45, 2.75) is 12.6 Å². The molecule has 0 bridgehead atoms. The van der Waals surface area contributed by atoms with E-state index in [0.29, 0.717) is 12.1 Å². The zero-order valence-corrected chi connectivity index (χ0v) is 8.67. The fourth-order valence-corrected chi connectivity index (χ4v) is 1.23. The van der Waals surface area contributed by atoms with Gasteiger partial charge in [0.2, 0.25) is 0 Å². The molecule has 0 unspecified atom stereocenters. The highest BCUT2D eigenvalue weighted by atomic mass is 19.4. The Morgan fingerprint density at radius 2 is 1.94 bits per heavy atom. The highest BCUT2D eigenvalue weighted by Gasteiger charge is 2.38. The Bertz CT molecular complexity index is 447. The molecule has 0 amide bonds. The minimum atomic E-state index is -4.93. The predicted octanol–water partition coefficient (Wildman–Crippen LogP) is 3.29. The minimum Gasteiger partial charge on any atom is -0.379 e. The third-order valence-electron chi connectivity index (χ3n) is 1.96. The predicted molar refractivity (Wildman–Crippen MR) is 52.6 cm³/mol. The Morgan fingerprint density at radius 3 is 2.39 bits per heavy atom. The Hall–Kier alpha value is -1.93. The molecule has 1 aromatic carbocycles. The molecule has 0 saturated heterocycles. The van der Waals surface area contributed by atoms with E-state index in [1.54, 1.807) is 0 Å². The van der Waals surface area contributed by atoms with Crippen molar-refractivity contribution >= 4 is 11.4 Å². The first-order valence-electron chi connectivity index (χ1n) is 4.59. The van der Waals surface area contributed by atoms with E-state index < -0.39 is 35.3 Å². The molecule has 18 heavy (non-hydrogen) atoms. The molecule has 1 rings (SSSR count). The molecule has 0 atom stereocenters. The van der Waals surface area contributed by atoms with Crippen LogP contribution in [0.3, 0.4) is 0 Å². The molecular formula is C9H7F5N2O2. The van der Waals surface area contributed by atoms with Gasteiger partial charge in [0.15, 0.2) is 0 Å². The molecule has 1 aromatic rings. The van der Waals surface area contributed by atoms with Crippen LogP contribution in [0.4, 0.5) is 33.3 Å². The van der Waals surface area contributed by atoms with Crippen LogP contribution >= 0.6 is 0 Å². The molecule has 0 heterocycles. The summed E-state index contributed by atoms with van der Waals surface area (Å²) < 4.78 is 61.3. The van der Waals surface area contributed by atoms with Crippen molar-refractivity contribution in [2.75, 3.05) is 11.9 Å². The molecule has 0 aliphatic heterocycles. The van der Waals surface area contributed by atoms with Crippen LogP contribution < -0.4 is 5.32 Å². The van der Waals surface area contributed by atoms with Gasteiger partial charge >= 0.3 is 6.18 Å². The Kier molecular flexibility index (Phi) is 4.04. The molecule has 4 nitrogen and oxygen atoms in total. The van der Waals surface area contributed by atoms with Crippen molar-refractivity contribution in [2.24, 2.45) is 0 Å². The van der Waals surface area contributed by atoms with Gasteiger partial charge in [0.1, 0.15) is 5.56 Å². The summed E-state index contributed by atoms with van der Waals surface area (Å²) in [5.74, 6) is 0. The molecule has 0 aromatic heterocycles. The fraction of sp³-hybridized carbons (Fsp3) is 0.333. The lowest BCUT2D eigenvalue weighted by atomic mass is 10.1. The van der Waals surface area contributed by atoms with Crippen LogP contribution in [0.2, 0.25) is 0 Å². The van der Waals surface area contributed by atoms with E-state index in [1.807, 2.05) is 0 Å². The molecule has 0 radical (unpaired) electrons. The molecule has 0 fully saturated rings. The van der Waals surface area contributed by atoms with Gasteiger partial charge in [-0.25, -0.2) is 8.78 Å². The SMILES string of the molecule is O=[N+]([O-])c1ccc(NCC(F)F)cc1C(F)(F)F. The smallest absolute Gasteiger partial charge is 0.379 e. The fourth-order valence-electron chi connectivity index (χ4n) is 1.23. The second-order valence-electron chi connectivity index (χ2n) is 3.26. The van der Waals surface area contributed by atoms with E-state index in [4.69, 9.17) is 0 Å². The van der Waals surface area contributed by atoms with Crippen molar-refractivity contribution in [1.82, 2.24) is 0 Å². The zero-order valence-electron chi connectivity index (χ0n) is 8.67. The normalized spacial score (nSPS) is 11.7. The van der Waals surface area contributed by atoms with Crippen LogP contribution in [-0.4, -0.2) is 17.9 Å². The van der Waals surface area contributed by atoms with Gasteiger partial charge in [0.05, 0.1) is 11.5 Å². The largest absolute Gasteiger partial charge is 0.423 e. The summed E-state index contributed by atoms with van der Waals surface area (Å²) in [5.41, 5.74) is -2.86. The van der Waals surface area contributed by atoms with Gasteiger partial charge in [-0.2, -0.15) is 13.2 Å². The van der Waals surface area contributed by atoms with E-state index in [-0.39, 0.29) is 5.69 Å². The molecule has 0 aliphatic carbocycles. The van der Waals surface area contributed by atoms with Crippen LogP contribution in [-0.2, 0) is 6.18 Å². The van der Waals surface area contributed by atoms with Crippen LogP contribution in [0.1, 0.15) is 5.56 Å². The van der Waals surface area contributed by atoms with Gasteiger partial charge in [0, 0.05) is 11.8 Å². The van der Waals surface area contributed by atoms with Crippen molar-refractivity contribution in [3.05, 3.63) is 33.9 Å². The number of alkyl halides is 5. The van der Waals surface area contributed by atoms with Crippen LogP contribution in [0, 0.1) is 10.1 Å². The second-order valence-corrected chi connectivity index (χ2v) is 3.26. The van der Waals surface area contributed by atoms with Gasteiger partial charge in [0.25, 0.3) is 12.1 Å². The van der Waals surface area contributed by atoms with Gasteiger partial charge in [-0.15, -0.1) is 0 Å². The molecule has 0 aliphatic rings. The summed E-state index contributed by atoms with van der Waals surface area (Å²) in [6.07, 6.45) is -7.67. The van der Waals surface area contributed by atoms with Gasteiger partial charge in [-0.05, 0) is 12.1 Å². The van der Waals surface area contributed by atoms with Crippen molar-refractivity contribution < 1.29 is 26.9 Å². The number of rotatable bonds is 4. The molecule has 0 saturated carbocycles. The number of nitrogens with zero attached hydrogens (tertiary/aromatic N) is 1. The summed E-state index contributed by atoms with van der Waals surface area (Å²) >= 11 is 0. The first-order valence-corrected chi connectivity index (χ1v) is 4.59. The second kappa shape index (κ2) is 5.15. The maximum Gasteiger partial charge on any atom is 0.423 e. The summed E-state index contributed by atoms with van der Waals surface area (Å²) in [4.78, 5) is 9.23. The monoisotopic (exact) mass is 270 g/mol. The first kappa shape index (κ1) is 14.1. The summed E-state index contributed by atoms with van der Waals surface area (Å²) in [7, 11) is 0. The van der Waals surface area contributed by atoms with E-state index in [0.717, 1.165) is 6.07 Å². The molecule has 1 N–H and O–H groups in total.